The Morgan fingerprint density at radius 1 is 0.946 bits per heavy atom. The zero-order valence-electron chi connectivity index (χ0n) is 19.0. The van der Waals surface area contributed by atoms with Crippen molar-refractivity contribution < 1.29 is 56.5 Å². The lowest BCUT2D eigenvalue weighted by atomic mass is 10.0. The minimum atomic E-state index is -4.85. The average molecular weight is 557 g/mol. The maximum Gasteiger partial charge on any atom is 0.524 e. The number of rotatable bonds is 10. The van der Waals surface area contributed by atoms with E-state index in [0.717, 1.165) is 19.2 Å². The van der Waals surface area contributed by atoms with Crippen LogP contribution < -0.4 is 20.0 Å². The van der Waals surface area contributed by atoms with Crippen LogP contribution in [0, 0.1) is 0 Å². The molecule has 3 aromatic rings. The monoisotopic (exact) mass is 557 g/mol. The Balaban J connectivity index is 1.77. The molecule has 3 rings (SSSR count). The molecular weight excluding hydrogens is 536 g/mol. The number of ether oxygens (including phenoxy) is 1. The smallest absolute Gasteiger partial charge is 0.467 e. The predicted molar refractivity (Wildman–Crippen MR) is 126 cm³/mol. The highest BCUT2D eigenvalue weighted by Crippen LogP contribution is 2.39. The van der Waals surface area contributed by atoms with Gasteiger partial charge in [0, 0.05) is 23.9 Å². The molecule has 16 heteroatoms. The van der Waals surface area contributed by atoms with Crippen molar-refractivity contribution in [1.29, 1.82) is 0 Å². The van der Waals surface area contributed by atoms with E-state index >= 15 is 0 Å². The maximum absolute atomic E-state index is 12.8. The fraction of sp³-hybridized carbons (Fsp3) is 0.190. The lowest BCUT2D eigenvalue weighted by molar-refractivity contribution is -0.145. The van der Waals surface area contributed by atoms with Gasteiger partial charge in [0.05, 0.1) is 13.5 Å². The molecule has 1 aromatic heterocycles. The highest BCUT2D eigenvalue weighted by Gasteiger charge is 2.24. The summed E-state index contributed by atoms with van der Waals surface area (Å²) in [5.41, 5.74) is -0.180. The number of esters is 1. The van der Waals surface area contributed by atoms with E-state index in [1.807, 2.05) is 0 Å². The van der Waals surface area contributed by atoms with Crippen LogP contribution >= 0.6 is 15.6 Å². The normalized spacial score (nSPS) is 12.6. The molecule has 0 fully saturated rings. The van der Waals surface area contributed by atoms with Crippen molar-refractivity contribution in [3.8, 4) is 11.5 Å². The van der Waals surface area contributed by atoms with Gasteiger partial charge >= 0.3 is 27.2 Å². The molecule has 1 atom stereocenters. The molecule has 0 aliphatic heterocycles. The minimum absolute atomic E-state index is 0.0324. The summed E-state index contributed by atoms with van der Waals surface area (Å²) in [6.45, 7) is 0. The molecule has 1 heterocycles. The molecular formula is C21H21NO13P2. The molecule has 1 amide bonds. The van der Waals surface area contributed by atoms with Gasteiger partial charge in [-0.1, -0.05) is 12.1 Å². The van der Waals surface area contributed by atoms with Crippen LogP contribution in [0.2, 0.25) is 0 Å². The summed E-state index contributed by atoms with van der Waals surface area (Å²) in [5.74, 6) is -1.77. The predicted octanol–water partition coefficient (Wildman–Crippen LogP) is 1.18. The molecule has 14 nitrogen and oxygen atoms in total. The molecule has 0 saturated carbocycles. The molecule has 0 spiro atoms. The summed E-state index contributed by atoms with van der Waals surface area (Å²) in [4.78, 5) is 72.7. The van der Waals surface area contributed by atoms with Gasteiger partial charge in [0.15, 0.2) is 0 Å². The quantitative estimate of drug-likeness (QED) is 0.134. The summed E-state index contributed by atoms with van der Waals surface area (Å²) in [5, 5.41) is 2.81. The number of phosphoric ester groups is 2. The number of benzene rings is 2. The van der Waals surface area contributed by atoms with Gasteiger partial charge in [-0.25, -0.2) is 18.7 Å². The highest BCUT2D eigenvalue weighted by atomic mass is 31.2. The minimum Gasteiger partial charge on any atom is -0.467 e. The third-order valence-corrected chi connectivity index (χ3v) is 5.68. The van der Waals surface area contributed by atoms with Crippen molar-refractivity contribution in [2.24, 2.45) is 0 Å². The summed E-state index contributed by atoms with van der Waals surface area (Å²) in [6.07, 6.45) is -0.390. The third kappa shape index (κ3) is 8.53. The number of fused-ring (bicyclic) bond motifs is 1. The number of carbonyl (C=O) groups is 2. The Bertz CT molecular complexity index is 1460. The van der Waals surface area contributed by atoms with E-state index in [-0.39, 0.29) is 35.5 Å². The molecule has 0 saturated heterocycles. The molecule has 0 aliphatic carbocycles. The van der Waals surface area contributed by atoms with E-state index in [1.165, 1.54) is 36.4 Å². The number of amides is 1. The average Bonchev–Trinajstić information content (AvgIpc) is 2.77. The second-order valence-corrected chi connectivity index (χ2v) is 9.91. The molecule has 5 N–H and O–H groups in total. The highest BCUT2D eigenvalue weighted by molar-refractivity contribution is 7.47. The number of phosphoric acid groups is 2. The van der Waals surface area contributed by atoms with E-state index in [2.05, 4.69) is 14.4 Å². The SMILES string of the molecule is COC(=O)[C@H](Cc1ccc(OP(=O)(O)O)cc1)NC(=O)Cc1cc(=O)oc2cc(OP(=O)(O)O)ccc12. The van der Waals surface area contributed by atoms with Gasteiger partial charge in [0.1, 0.15) is 23.1 Å². The number of hydrogen-bond acceptors (Lipinski definition) is 9. The third-order valence-electron chi connectivity index (χ3n) is 4.79. The van der Waals surface area contributed by atoms with Gasteiger partial charge in [-0.2, -0.15) is 0 Å². The van der Waals surface area contributed by atoms with E-state index < -0.39 is 39.2 Å². The van der Waals surface area contributed by atoms with Gasteiger partial charge in [-0.05, 0) is 35.4 Å². The lowest BCUT2D eigenvalue weighted by Crippen LogP contribution is -2.43. The van der Waals surface area contributed by atoms with Crippen LogP contribution in [-0.4, -0.2) is 44.6 Å². The largest absolute Gasteiger partial charge is 0.524 e. The zero-order chi connectivity index (χ0) is 27.4. The number of methoxy groups -OCH3 is 1. The van der Waals surface area contributed by atoms with Crippen molar-refractivity contribution in [3.05, 3.63) is 70.1 Å². The fourth-order valence-electron chi connectivity index (χ4n) is 3.36. The Kier molecular flexibility index (Phi) is 8.54. The molecule has 198 valence electrons. The van der Waals surface area contributed by atoms with E-state index in [9.17, 15) is 23.5 Å². The lowest BCUT2D eigenvalue weighted by Gasteiger charge is -2.17. The molecule has 37 heavy (non-hydrogen) atoms. The first kappa shape index (κ1) is 28.1. The van der Waals surface area contributed by atoms with Crippen molar-refractivity contribution in [2.75, 3.05) is 7.11 Å². The van der Waals surface area contributed by atoms with E-state index in [1.54, 1.807) is 0 Å². The summed E-state index contributed by atoms with van der Waals surface area (Å²) in [7, 11) is -8.46. The van der Waals surface area contributed by atoms with Crippen molar-refractivity contribution in [1.82, 2.24) is 5.32 Å². The standard InChI is InChI=1S/C21H21NO13P2/c1-32-21(25)17(8-12-2-4-14(5-3-12)34-36(26,27)28)22-19(23)9-13-10-20(24)33-18-11-15(6-7-16(13)18)35-37(29,30)31/h2-7,10-11,17H,8-9H2,1H3,(H,22,23)(H2,26,27,28)(H2,29,30,31)/t17-/m0/s1. The van der Waals surface area contributed by atoms with Gasteiger partial charge in [0.25, 0.3) is 0 Å². The van der Waals surface area contributed by atoms with Gasteiger partial charge < -0.3 is 23.5 Å². The first-order valence-electron chi connectivity index (χ1n) is 10.3. The topological polar surface area (TPSA) is 219 Å². The van der Waals surface area contributed by atoms with Crippen molar-refractivity contribution in [2.45, 2.75) is 18.9 Å². The van der Waals surface area contributed by atoms with Crippen LogP contribution in [0.25, 0.3) is 11.0 Å². The second-order valence-electron chi connectivity index (χ2n) is 7.58. The summed E-state index contributed by atoms with van der Waals surface area (Å²) < 4.78 is 40.7. The first-order chi connectivity index (χ1) is 17.2. The second kappa shape index (κ2) is 11.3. The molecule has 0 bridgehead atoms. The fourth-order valence-corrected chi connectivity index (χ4v) is 4.15. The van der Waals surface area contributed by atoms with Crippen LogP contribution in [0.5, 0.6) is 11.5 Å². The zero-order valence-corrected chi connectivity index (χ0v) is 20.8. The van der Waals surface area contributed by atoms with Crippen LogP contribution in [0.15, 0.2) is 57.7 Å². The Morgan fingerprint density at radius 3 is 2.14 bits per heavy atom. The van der Waals surface area contributed by atoms with Gasteiger partial charge in [-0.3, -0.25) is 24.4 Å². The van der Waals surface area contributed by atoms with Gasteiger partial charge in [0.2, 0.25) is 5.91 Å². The number of carbonyl (C=O) groups excluding carboxylic acids is 2. The number of hydrogen-bond donors (Lipinski definition) is 5. The first-order valence-corrected chi connectivity index (χ1v) is 13.3. The van der Waals surface area contributed by atoms with Gasteiger partial charge in [-0.15, -0.1) is 0 Å². The molecule has 0 aliphatic rings. The summed E-state index contributed by atoms with van der Waals surface area (Å²) >= 11 is 0. The summed E-state index contributed by atoms with van der Waals surface area (Å²) in [6, 6.07) is 9.05. The Hall–Kier alpha value is -3.51. The van der Waals surface area contributed by atoms with E-state index in [0.29, 0.717) is 10.9 Å². The van der Waals surface area contributed by atoms with Crippen LogP contribution in [-0.2, 0) is 36.3 Å². The molecule has 0 unspecified atom stereocenters. The van der Waals surface area contributed by atoms with Crippen LogP contribution in [0.1, 0.15) is 11.1 Å². The maximum atomic E-state index is 12.8. The molecule has 2 aromatic carbocycles. The van der Waals surface area contributed by atoms with Crippen LogP contribution in [0.3, 0.4) is 0 Å². The van der Waals surface area contributed by atoms with E-state index in [4.69, 9.17) is 28.7 Å². The number of nitrogens with one attached hydrogen (secondary N) is 1. The van der Waals surface area contributed by atoms with Crippen LogP contribution in [0.4, 0.5) is 0 Å². The van der Waals surface area contributed by atoms with Crippen molar-refractivity contribution in [3.63, 3.8) is 0 Å². The van der Waals surface area contributed by atoms with Crippen molar-refractivity contribution >= 4 is 38.5 Å². The Morgan fingerprint density at radius 2 is 1.54 bits per heavy atom. The Labute approximate surface area is 208 Å². The molecule has 0 radical (unpaired) electrons.